The zero-order chi connectivity index (χ0) is 14.1. The molecule has 1 fully saturated rings. The van der Waals surface area contributed by atoms with Crippen LogP contribution in [0.15, 0.2) is 24.3 Å². The van der Waals surface area contributed by atoms with Crippen molar-refractivity contribution in [3.63, 3.8) is 0 Å². The van der Waals surface area contributed by atoms with Crippen molar-refractivity contribution in [2.75, 3.05) is 0 Å². The molecule has 0 spiro atoms. The zero-order valence-electron chi connectivity index (χ0n) is 11.0. The van der Waals surface area contributed by atoms with Crippen molar-refractivity contribution in [3.05, 3.63) is 35.4 Å². The average Bonchev–Trinajstić information content (AvgIpc) is 2.52. The normalized spacial score (nSPS) is 29.0. The number of alkyl halides is 3. The summed E-state index contributed by atoms with van der Waals surface area (Å²) in [7, 11) is 0. The molecule has 0 bridgehead atoms. The lowest BCUT2D eigenvalue weighted by Gasteiger charge is -2.27. The predicted octanol–water partition coefficient (Wildman–Crippen LogP) is 4.49. The van der Waals surface area contributed by atoms with Gasteiger partial charge < -0.3 is 5.11 Å². The number of rotatable bonds is 1. The molecule has 0 radical (unpaired) electrons. The highest BCUT2D eigenvalue weighted by Gasteiger charge is 2.34. The molecule has 19 heavy (non-hydrogen) atoms. The van der Waals surface area contributed by atoms with E-state index in [4.69, 9.17) is 0 Å². The van der Waals surface area contributed by atoms with Gasteiger partial charge in [-0.2, -0.15) is 13.2 Å². The first kappa shape index (κ1) is 14.4. The van der Waals surface area contributed by atoms with Crippen molar-refractivity contribution in [2.45, 2.75) is 50.8 Å². The molecule has 1 aliphatic carbocycles. The second-order valence-electron chi connectivity index (χ2n) is 5.64. The summed E-state index contributed by atoms with van der Waals surface area (Å²) < 4.78 is 37.5. The molecule has 0 aliphatic heterocycles. The number of benzene rings is 1. The molecule has 1 aliphatic rings. The van der Waals surface area contributed by atoms with E-state index in [1.165, 1.54) is 12.1 Å². The fourth-order valence-corrected chi connectivity index (χ4v) is 2.76. The average molecular weight is 272 g/mol. The summed E-state index contributed by atoms with van der Waals surface area (Å²) in [4.78, 5) is 0. The van der Waals surface area contributed by atoms with Crippen LogP contribution in [0.2, 0.25) is 0 Å². The smallest absolute Gasteiger partial charge is 0.385 e. The number of aliphatic hydroxyl groups is 1. The van der Waals surface area contributed by atoms with Crippen molar-refractivity contribution < 1.29 is 18.3 Å². The van der Waals surface area contributed by atoms with E-state index in [9.17, 15) is 18.3 Å². The highest BCUT2D eigenvalue weighted by molar-refractivity contribution is 5.29. The van der Waals surface area contributed by atoms with E-state index in [1.54, 1.807) is 0 Å². The van der Waals surface area contributed by atoms with Gasteiger partial charge in [0.05, 0.1) is 11.2 Å². The Balaban J connectivity index is 2.21. The van der Waals surface area contributed by atoms with Crippen LogP contribution >= 0.6 is 0 Å². The molecule has 1 N–H and O–H groups in total. The Labute approximate surface area is 111 Å². The minimum Gasteiger partial charge on any atom is -0.385 e. The summed E-state index contributed by atoms with van der Waals surface area (Å²) in [5.41, 5.74) is -1.02. The summed E-state index contributed by atoms with van der Waals surface area (Å²) in [6.07, 6.45) is -0.166. The van der Waals surface area contributed by atoms with E-state index in [0.717, 1.165) is 31.4 Å². The standard InChI is InChI=1S/C15H19F3O/c1-11-3-2-9-14(19,10-8-11)12-4-6-13(7-5-12)15(16,17)18/h4-7,11,19H,2-3,8-10H2,1H3. The van der Waals surface area contributed by atoms with Gasteiger partial charge in [0.2, 0.25) is 0 Å². The van der Waals surface area contributed by atoms with Gasteiger partial charge in [0.15, 0.2) is 0 Å². The van der Waals surface area contributed by atoms with Gasteiger partial charge in [0.1, 0.15) is 0 Å². The first-order chi connectivity index (χ1) is 8.81. The van der Waals surface area contributed by atoms with Crippen LogP contribution in [0, 0.1) is 5.92 Å². The monoisotopic (exact) mass is 272 g/mol. The van der Waals surface area contributed by atoms with Crippen molar-refractivity contribution in [1.82, 2.24) is 0 Å². The quantitative estimate of drug-likeness (QED) is 0.747. The van der Waals surface area contributed by atoms with E-state index < -0.39 is 17.3 Å². The maximum atomic E-state index is 12.5. The predicted molar refractivity (Wildman–Crippen MR) is 67.6 cm³/mol. The minimum atomic E-state index is -4.32. The van der Waals surface area contributed by atoms with Crippen molar-refractivity contribution in [3.8, 4) is 0 Å². The summed E-state index contributed by atoms with van der Waals surface area (Å²) in [6, 6.07) is 4.95. The van der Waals surface area contributed by atoms with Crippen LogP contribution in [0.4, 0.5) is 13.2 Å². The van der Waals surface area contributed by atoms with Gasteiger partial charge in [0, 0.05) is 0 Å². The molecule has 4 heteroatoms. The molecular weight excluding hydrogens is 253 g/mol. The Hall–Kier alpha value is -1.03. The van der Waals surface area contributed by atoms with E-state index in [1.807, 2.05) is 0 Å². The van der Waals surface area contributed by atoms with E-state index in [-0.39, 0.29) is 0 Å². The highest BCUT2D eigenvalue weighted by Crippen LogP contribution is 2.38. The van der Waals surface area contributed by atoms with Gasteiger partial charge in [-0.3, -0.25) is 0 Å². The van der Waals surface area contributed by atoms with Crippen LogP contribution in [-0.2, 0) is 11.8 Å². The molecule has 2 unspecified atom stereocenters. The lowest BCUT2D eigenvalue weighted by molar-refractivity contribution is -0.137. The van der Waals surface area contributed by atoms with Crippen molar-refractivity contribution >= 4 is 0 Å². The first-order valence-corrected chi connectivity index (χ1v) is 6.71. The zero-order valence-corrected chi connectivity index (χ0v) is 11.0. The Kier molecular flexibility index (Phi) is 3.90. The molecular formula is C15H19F3O. The Morgan fingerprint density at radius 3 is 2.32 bits per heavy atom. The van der Waals surface area contributed by atoms with Gasteiger partial charge in [-0.25, -0.2) is 0 Å². The van der Waals surface area contributed by atoms with Crippen LogP contribution in [0.1, 0.15) is 50.2 Å². The highest BCUT2D eigenvalue weighted by atomic mass is 19.4. The van der Waals surface area contributed by atoms with E-state index in [0.29, 0.717) is 24.3 Å². The molecule has 0 aromatic heterocycles. The molecule has 1 aromatic rings. The van der Waals surface area contributed by atoms with Crippen molar-refractivity contribution in [2.24, 2.45) is 5.92 Å². The van der Waals surface area contributed by atoms with Gasteiger partial charge in [0.25, 0.3) is 0 Å². The molecule has 1 aromatic carbocycles. The maximum absolute atomic E-state index is 12.5. The molecule has 2 rings (SSSR count). The summed E-state index contributed by atoms with van der Waals surface area (Å²) >= 11 is 0. The third kappa shape index (κ3) is 3.30. The number of hydrogen-bond donors (Lipinski definition) is 1. The lowest BCUT2D eigenvalue weighted by Crippen LogP contribution is -2.25. The maximum Gasteiger partial charge on any atom is 0.416 e. The first-order valence-electron chi connectivity index (χ1n) is 6.71. The number of halogens is 3. The summed E-state index contributed by atoms with van der Waals surface area (Å²) in [5, 5.41) is 10.7. The van der Waals surface area contributed by atoms with E-state index in [2.05, 4.69) is 6.92 Å². The molecule has 1 nitrogen and oxygen atoms in total. The third-order valence-electron chi connectivity index (χ3n) is 4.09. The fraction of sp³-hybridized carbons (Fsp3) is 0.600. The molecule has 106 valence electrons. The van der Waals surface area contributed by atoms with Gasteiger partial charge in [-0.15, -0.1) is 0 Å². The van der Waals surface area contributed by atoms with Gasteiger partial charge in [-0.1, -0.05) is 25.5 Å². The Bertz CT molecular complexity index is 424. The third-order valence-corrected chi connectivity index (χ3v) is 4.09. The topological polar surface area (TPSA) is 20.2 Å². The minimum absolute atomic E-state index is 0.573. The van der Waals surface area contributed by atoms with Crippen LogP contribution in [0.5, 0.6) is 0 Å². The summed E-state index contributed by atoms with van der Waals surface area (Å²) in [6.45, 7) is 2.15. The van der Waals surface area contributed by atoms with Crippen LogP contribution < -0.4 is 0 Å². The summed E-state index contributed by atoms with van der Waals surface area (Å²) in [5.74, 6) is 0.573. The second kappa shape index (κ2) is 5.16. The van der Waals surface area contributed by atoms with Crippen molar-refractivity contribution in [1.29, 1.82) is 0 Å². The SMILES string of the molecule is CC1CCCC(O)(c2ccc(C(F)(F)F)cc2)CC1. The largest absolute Gasteiger partial charge is 0.416 e. The molecule has 2 atom stereocenters. The van der Waals surface area contributed by atoms with Crippen LogP contribution in [0.25, 0.3) is 0 Å². The lowest BCUT2D eigenvalue weighted by atomic mass is 9.86. The fourth-order valence-electron chi connectivity index (χ4n) is 2.76. The van der Waals surface area contributed by atoms with E-state index >= 15 is 0 Å². The van der Waals surface area contributed by atoms with Crippen LogP contribution in [0.3, 0.4) is 0 Å². The molecule has 1 saturated carbocycles. The Morgan fingerprint density at radius 2 is 1.74 bits per heavy atom. The Morgan fingerprint density at radius 1 is 1.11 bits per heavy atom. The van der Waals surface area contributed by atoms with Gasteiger partial charge >= 0.3 is 6.18 Å². The molecule has 0 saturated heterocycles. The van der Waals surface area contributed by atoms with Crippen LogP contribution in [-0.4, -0.2) is 5.11 Å². The van der Waals surface area contributed by atoms with Gasteiger partial charge in [-0.05, 0) is 49.3 Å². The molecule has 0 amide bonds. The molecule has 0 heterocycles. The number of hydrogen-bond acceptors (Lipinski definition) is 1. The second-order valence-corrected chi connectivity index (χ2v) is 5.64.